The number of benzene rings is 1. The minimum absolute atomic E-state index is 0.129. The van der Waals surface area contributed by atoms with Gasteiger partial charge in [-0.15, -0.1) is 0 Å². The van der Waals surface area contributed by atoms with Crippen molar-refractivity contribution in [3.8, 4) is 11.3 Å². The summed E-state index contributed by atoms with van der Waals surface area (Å²) in [6.07, 6.45) is 1.64. The Balaban J connectivity index is 2.28. The fourth-order valence-electron chi connectivity index (χ4n) is 1.82. The number of ether oxygens (including phenoxy) is 1. The number of nitrogens with one attached hydrogen (secondary N) is 1. The second-order valence-corrected chi connectivity index (χ2v) is 5.46. The molecule has 2 aromatic rings. The zero-order chi connectivity index (χ0) is 14.0. The van der Waals surface area contributed by atoms with Gasteiger partial charge in [-0.25, -0.2) is 9.78 Å². The first kappa shape index (κ1) is 13.3. The third-order valence-electron chi connectivity index (χ3n) is 3.02. The Morgan fingerprint density at radius 2 is 1.84 bits per heavy atom. The predicted molar refractivity (Wildman–Crippen MR) is 74.1 cm³/mol. The van der Waals surface area contributed by atoms with E-state index in [1.165, 1.54) is 12.7 Å². The van der Waals surface area contributed by atoms with E-state index in [1.54, 1.807) is 6.20 Å². The molecular weight excluding hydrogens is 240 g/mol. The Morgan fingerprint density at radius 3 is 2.37 bits per heavy atom. The summed E-state index contributed by atoms with van der Waals surface area (Å²) in [6, 6.07) is 8.23. The highest BCUT2D eigenvalue weighted by Gasteiger charge is 2.14. The number of imidazole rings is 1. The highest BCUT2D eigenvalue weighted by Crippen LogP contribution is 2.25. The van der Waals surface area contributed by atoms with Crippen molar-refractivity contribution in [3.63, 3.8) is 0 Å². The van der Waals surface area contributed by atoms with Gasteiger partial charge in [-0.2, -0.15) is 0 Å². The molecule has 0 fully saturated rings. The molecule has 0 amide bonds. The van der Waals surface area contributed by atoms with Gasteiger partial charge < -0.3 is 9.72 Å². The molecule has 4 heteroatoms. The van der Waals surface area contributed by atoms with Crippen LogP contribution in [0.25, 0.3) is 11.3 Å². The quantitative estimate of drug-likeness (QED) is 0.842. The Bertz CT molecular complexity index is 577. The number of aromatic amines is 1. The largest absolute Gasteiger partial charge is 0.463 e. The first-order valence-electron chi connectivity index (χ1n) is 6.16. The van der Waals surface area contributed by atoms with Gasteiger partial charge >= 0.3 is 5.97 Å². The number of carbonyl (C=O) groups excluding carboxylic acids is 1. The molecule has 0 radical (unpaired) electrons. The van der Waals surface area contributed by atoms with Crippen LogP contribution >= 0.6 is 0 Å². The average molecular weight is 258 g/mol. The van der Waals surface area contributed by atoms with Gasteiger partial charge in [0, 0.05) is 0 Å². The Hall–Kier alpha value is -2.10. The van der Waals surface area contributed by atoms with Crippen molar-refractivity contribution in [2.24, 2.45) is 0 Å². The van der Waals surface area contributed by atoms with E-state index in [1.807, 2.05) is 12.1 Å². The molecule has 2 rings (SSSR count). The summed E-state index contributed by atoms with van der Waals surface area (Å²) in [4.78, 5) is 18.3. The summed E-state index contributed by atoms with van der Waals surface area (Å²) in [5, 5.41) is 0. The number of methoxy groups -OCH3 is 1. The van der Waals surface area contributed by atoms with Crippen LogP contribution in [0, 0.1) is 0 Å². The number of hydrogen-bond donors (Lipinski definition) is 1. The van der Waals surface area contributed by atoms with E-state index in [2.05, 4.69) is 47.6 Å². The molecule has 1 aromatic heterocycles. The SMILES string of the molecule is COC(=O)c1ncc(-c2ccc(C(C)(C)C)cc2)[nH]1. The lowest BCUT2D eigenvalue weighted by Gasteiger charge is -2.18. The zero-order valence-corrected chi connectivity index (χ0v) is 11.7. The molecule has 0 unspecified atom stereocenters. The van der Waals surface area contributed by atoms with Crippen LogP contribution in [0.5, 0.6) is 0 Å². The third kappa shape index (κ3) is 2.84. The summed E-state index contributed by atoms with van der Waals surface area (Å²) in [6.45, 7) is 6.52. The van der Waals surface area contributed by atoms with Crippen molar-refractivity contribution in [1.82, 2.24) is 9.97 Å². The number of H-pyrrole nitrogens is 1. The minimum Gasteiger partial charge on any atom is -0.463 e. The van der Waals surface area contributed by atoms with E-state index in [-0.39, 0.29) is 11.2 Å². The Labute approximate surface area is 112 Å². The van der Waals surface area contributed by atoms with Crippen molar-refractivity contribution in [2.75, 3.05) is 7.11 Å². The van der Waals surface area contributed by atoms with Gasteiger partial charge in [0.05, 0.1) is 19.0 Å². The van der Waals surface area contributed by atoms with Crippen LogP contribution in [0.3, 0.4) is 0 Å². The van der Waals surface area contributed by atoms with Crippen molar-refractivity contribution in [1.29, 1.82) is 0 Å². The fraction of sp³-hybridized carbons (Fsp3) is 0.333. The molecule has 0 aliphatic carbocycles. The lowest BCUT2D eigenvalue weighted by molar-refractivity contribution is 0.0588. The first-order chi connectivity index (χ1) is 8.91. The normalized spacial score (nSPS) is 11.4. The topological polar surface area (TPSA) is 55.0 Å². The maximum absolute atomic E-state index is 11.3. The maximum atomic E-state index is 11.3. The molecule has 1 aromatic carbocycles. The van der Waals surface area contributed by atoms with E-state index in [9.17, 15) is 4.79 Å². The Morgan fingerprint density at radius 1 is 1.21 bits per heavy atom. The number of nitrogens with zero attached hydrogens (tertiary/aromatic N) is 1. The molecule has 0 saturated heterocycles. The number of rotatable bonds is 2. The standard InChI is InChI=1S/C15H18N2O2/c1-15(2,3)11-7-5-10(6-8-11)12-9-16-13(17-12)14(18)19-4/h5-9H,1-4H3,(H,16,17). The highest BCUT2D eigenvalue weighted by molar-refractivity contribution is 5.86. The average Bonchev–Trinajstić information content (AvgIpc) is 2.86. The van der Waals surface area contributed by atoms with Crippen molar-refractivity contribution in [2.45, 2.75) is 26.2 Å². The molecule has 100 valence electrons. The van der Waals surface area contributed by atoms with E-state index in [0.717, 1.165) is 11.3 Å². The second-order valence-electron chi connectivity index (χ2n) is 5.46. The lowest BCUT2D eigenvalue weighted by Crippen LogP contribution is -2.10. The van der Waals surface area contributed by atoms with Crippen LogP contribution in [-0.4, -0.2) is 23.0 Å². The van der Waals surface area contributed by atoms with E-state index in [0.29, 0.717) is 0 Å². The van der Waals surface area contributed by atoms with E-state index in [4.69, 9.17) is 0 Å². The smallest absolute Gasteiger partial charge is 0.374 e. The number of hydrogen-bond acceptors (Lipinski definition) is 3. The van der Waals surface area contributed by atoms with Crippen molar-refractivity contribution in [3.05, 3.63) is 41.9 Å². The van der Waals surface area contributed by atoms with Gasteiger partial charge in [-0.05, 0) is 16.5 Å². The summed E-state index contributed by atoms with van der Waals surface area (Å²) in [5.41, 5.74) is 3.20. The number of aromatic nitrogens is 2. The number of carbonyl (C=O) groups is 1. The van der Waals surface area contributed by atoms with Gasteiger partial charge in [0.15, 0.2) is 0 Å². The van der Waals surface area contributed by atoms with E-state index < -0.39 is 5.97 Å². The molecular formula is C15H18N2O2. The van der Waals surface area contributed by atoms with Crippen LogP contribution in [0.2, 0.25) is 0 Å². The summed E-state index contributed by atoms with van der Waals surface area (Å²) in [5.74, 6) is -0.241. The maximum Gasteiger partial charge on any atom is 0.374 e. The van der Waals surface area contributed by atoms with Crippen LogP contribution in [0.15, 0.2) is 30.5 Å². The lowest BCUT2D eigenvalue weighted by atomic mass is 9.86. The predicted octanol–water partition coefficient (Wildman–Crippen LogP) is 3.16. The van der Waals surface area contributed by atoms with E-state index >= 15 is 0 Å². The van der Waals surface area contributed by atoms with Crippen LogP contribution < -0.4 is 0 Å². The monoisotopic (exact) mass is 258 g/mol. The molecule has 4 nitrogen and oxygen atoms in total. The molecule has 1 heterocycles. The highest BCUT2D eigenvalue weighted by atomic mass is 16.5. The van der Waals surface area contributed by atoms with Gasteiger partial charge in [0.25, 0.3) is 0 Å². The fourth-order valence-corrected chi connectivity index (χ4v) is 1.82. The molecule has 0 bridgehead atoms. The van der Waals surface area contributed by atoms with Gasteiger partial charge in [0.2, 0.25) is 5.82 Å². The molecule has 1 N–H and O–H groups in total. The van der Waals surface area contributed by atoms with Crippen molar-refractivity contribution >= 4 is 5.97 Å². The second kappa shape index (κ2) is 4.88. The Kier molecular flexibility index (Phi) is 3.42. The van der Waals surface area contributed by atoms with Gasteiger partial charge in [0.1, 0.15) is 0 Å². The van der Waals surface area contributed by atoms with Crippen LogP contribution in [0.4, 0.5) is 0 Å². The molecule has 19 heavy (non-hydrogen) atoms. The first-order valence-corrected chi connectivity index (χ1v) is 6.16. The van der Waals surface area contributed by atoms with Gasteiger partial charge in [-0.3, -0.25) is 0 Å². The summed E-state index contributed by atoms with van der Waals surface area (Å²) < 4.78 is 4.62. The number of esters is 1. The van der Waals surface area contributed by atoms with Crippen LogP contribution in [0.1, 0.15) is 37.0 Å². The molecule has 0 atom stereocenters. The third-order valence-corrected chi connectivity index (χ3v) is 3.02. The van der Waals surface area contributed by atoms with Crippen LogP contribution in [-0.2, 0) is 10.2 Å². The zero-order valence-electron chi connectivity index (χ0n) is 11.7. The summed E-state index contributed by atoms with van der Waals surface area (Å²) >= 11 is 0. The molecule has 0 aliphatic rings. The molecule has 0 aliphatic heterocycles. The van der Waals surface area contributed by atoms with Gasteiger partial charge in [-0.1, -0.05) is 45.0 Å². The summed E-state index contributed by atoms with van der Waals surface area (Å²) in [7, 11) is 1.34. The molecule has 0 saturated carbocycles. The minimum atomic E-state index is -0.461. The van der Waals surface area contributed by atoms with Crippen molar-refractivity contribution < 1.29 is 9.53 Å². The molecule has 0 spiro atoms.